The number of rotatable bonds is 7. The second-order valence-electron chi connectivity index (χ2n) is 5.84. The van der Waals surface area contributed by atoms with E-state index in [4.69, 9.17) is 4.74 Å². The Labute approximate surface area is 117 Å². The first kappa shape index (κ1) is 16.4. The largest absolute Gasteiger partial charge is 0.466 e. The van der Waals surface area contributed by atoms with Crippen molar-refractivity contribution in [3.63, 3.8) is 0 Å². The normalized spacial score (nSPS) is 27.5. The molecule has 0 atom stereocenters. The minimum atomic E-state index is -0.620. The molecule has 0 aromatic rings. The predicted molar refractivity (Wildman–Crippen MR) is 75.9 cm³/mol. The summed E-state index contributed by atoms with van der Waals surface area (Å²) in [4.78, 5) is 13.9. The lowest BCUT2D eigenvalue weighted by Gasteiger charge is -2.37. The Hall–Kier alpha value is -0.610. The highest BCUT2D eigenvalue weighted by Gasteiger charge is 2.36. The average Bonchev–Trinajstić information content (AvgIpc) is 2.37. The first-order chi connectivity index (χ1) is 9.00. The van der Waals surface area contributed by atoms with E-state index in [2.05, 4.69) is 18.9 Å². The Morgan fingerprint density at radius 3 is 2.53 bits per heavy atom. The molecule has 112 valence electrons. The van der Waals surface area contributed by atoms with Gasteiger partial charge in [0.25, 0.3) is 0 Å². The molecule has 1 rings (SSSR count). The smallest absolute Gasteiger partial charge is 0.308 e. The Balaban J connectivity index is 2.36. The lowest BCUT2D eigenvalue weighted by molar-refractivity contribution is -0.151. The zero-order chi connectivity index (χ0) is 14.3. The number of carbonyl (C=O) groups excluding carboxylic acids is 1. The zero-order valence-electron chi connectivity index (χ0n) is 12.7. The highest BCUT2D eigenvalue weighted by Crippen LogP contribution is 2.33. The third kappa shape index (κ3) is 5.49. The summed E-state index contributed by atoms with van der Waals surface area (Å²) in [5.74, 6) is -0.106. The van der Waals surface area contributed by atoms with Crippen LogP contribution in [0, 0.1) is 5.92 Å². The molecule has 0 unspecified atom stereocenters. The van der Waals surface area contributed by atoms with E-state index >= 15 is 0 Å². The van der Waals surface area contributed by atoms with Crippen LogP contribution in [0.2, 0.25) is 0 Å². The van der Waals surface area contributed by atoms with Crippen molar-refractivity contribution >= 4 is 5.97 Å². The van der Waals surface area contributed by atoms with Gasteiger partial charge in [-0.15, -0.1) is 0 Å². The Morgan fingerprint density at radius 1 is 1.37 bits per heavy atom. The Bertz CT molecular complexity index is 273. The maximum absolute atomic E-state index is 11.7. The number of unbranched alkanes of at least 4 members (excludes halogenated alkanes) is 1. The summed E-state index contributed by atoms with van der Waals surface area (Å²) in [5, 5.41) is 10.6. The second-order valence-corrected chi connectivity index (χ2v) is 5.84. The van der Waals surface area contributed by atoms with Crippen LogP contribution in [0.5, 0.6) is 0 Å². The molecule has 1 saturated carbocycles. The summed E-state index contributed by atoms with van der Waals surface area (Å²) in [7, 11) is 2.06. The van der Waals surface area contributed by atoms with Crippen molar-refractivity contribution in [1.82, 2.24) is 4.90 Å². The van der Waals surface area contributed by atoms with E-state index in [1.807, 2.05) is 6.92 Å². The fourth-order valence-corrected chi connectivity index (χ4v) is 2.82. The number of ether oxygens (including phenoxy) is 1. The predicted octanol–water partition coefficient (Wildman–Crippen LogP) is 2.20. The quantitative estimate of drug-likeness (QED) is 0.721. The monoisotopic (exact) mass is 271 g/mol. The van der Waals surface area contributed by atoms with Gasteiger partial charge in [-0.05, 0) is 52.6 Å². The molecule has 1 N–H and O–H groups in total. The van der Waals surface area contributed by atoms with Gasteiger partial charge in [-0.1, -0.05) is 13.3 Å². The van der Waals surface area contributed by atoms with Gasteiger partial charge in [-0.2, -0.15) is 0 Å². The van der Waals surface area contributed by atoms with Crippen molar-refractivity contribution in [3.8, 4) is 0 Å². The van der Waals surface area contributed by atoms with Crippen LogP contribution in [0.15, 0.2) is 0 Å². The van der Waals surface area contributed by atoms with Gasteiger partial charge in [0.05, 0.1) is 18.1 Å². The maximum atomic E-state index is 11.7. The molecule has 4 heteroatoms. The van der Waals surface area contributed by atoms with Crippen molar-refractivity contribution in [1.29, 1.82) is 0 Å². The lowest BCUT2D eigenvalue weighted by Crippen LogP contribution is -2.45. The first-order valence-corrected chi connectivity index (χ1v) is 7.58. The number of nitrogens with zero attached hydrogens (tertiary/aromatic N) is 1. The molecule has 0 aromatic heterocycles. The second kappa shape index (κ2) is 7.85. The summed E-state index contributed by atoms with van der Waals surface area (Å²) in [6.07, 6.45) is 5.24. The van der Waals surface area contributed by atoms with E-state index in [0.717, 1.165) is 25.8 Å². The molecule has 0 radical (unpaired) electrons. The number of hydrogen-bond donors (Lipinski definition) is 1. The minimum Gasteiger partial charge on any atom is -0.466 e. The molecule has 1 aliphatic rings. The third-order valence-corrected chi connectivity index (χ3v) is 3.99. The van der Waals surface area contributed by atoms with Crippen LogP contribution >= 0.6 is 0 Å². The summed E-state index contributed by atoms with van der Waals surface area (Å²) in [6, 6.07) is 0. The van der Waals surface area contributed by atoms with E-state index in [1.54, 1.807) is 0 Å². The molecule has 1 fully saturated rings. The molecule has 1 aliphatic carbocycles. The molecular formula is C15H29NO3. The van der Waals surface area contributed by atoms with Crippen LogP contribution in [0.1, 0.15) is 52.4 Å². The topological polar surface area (TPSA) is 49.8 Å². The number of likely N-dealkylation sites (N-methyl/N-ethyl adjacent to an activating group) is 1. The molecule has 19 heavy (non-hydrogen) atoms. The van der Waals surface area contributed by atoms with Crippen molar-refractivity contribution in [2.75, 3.05) is 26.7 Å². The summed E-state index contributed by atoms with van der Waals surface area (Å²) in [6.45, 7) is 6.19. The molecular weight excluding hydrogens is 242 g/mol. The first-order valence-electron chi connectivity index (χ1n) is 7.58. The molecule has 4 nitrogen and oxygen atoms in total. The van der Waals surface area contributed by atoms with E-state index in [9.17, 15) is 9.90 Å². The summed E-state index contributed by atoms with van der Waals surface area (Å²) < 4.78 is 5.05. The van der Waals surface area contributed by atoms with Crippen LogP contribution in [0.4, 0.5) is 0 Å². The fourth-order valence-electron chi connectivity index (χ4n) is 2.82. The van der Waals surface area contributed by atoms with Crippen molar-refractivity contribution < 1.29 is 14.6 Å². The lowest BCUT2D eigenvalue weighted by atomic mass is 9.78. The van der Waals surface area contributed by atoms with Crippen LogP contribution in [-0.4, -0.2) is 48.3 Å². The SMILES string of the molecule is CCCCN(C)CC1(O)CCC(C(=O)OCC)CC1. The molecule has 0 saturated heterocycles. The highest BCUT2D eigenvalue weighted by molar-refractivity contribution is 5.72. The Morgan fingerprint density at radius 2 is 2.00 bits per heavy atom. The van der Waals surface area contributed by atoms with E-state index in [1.165, 1.54) is 6.42 Å². The average molecular weight is 271 g/mol. The minimum absolute atomic E-state index is 0.0128. The Kier molecular flexibility index (Phi) is 6.80. The number of hydrogen-bond acceptors (Lipinski definition) is 4. The molecule has 0 spiro atoms. The van der Waals surface area contributed by atoms with Gasteiger partial charge in [0.1, 0.15) is 0 Å². The van der Waals surface area contributed by atoms with Crippen LogP contribution in [0.25, 0.3) is 0 Å². The van der Waals surface area contributed by atoms with Gasteiger partial charge in [0, 0.05) is 6.54 Å². The molecule has 0 aromatic carbocycles. The van der Waals surface area contributed by atoms with Crippen LogP contribution in [0.3, 0.4) is 0 Å². The molecule has 0 heterocycles. The molecule has 0 aliphatic heterocycles. The van der Waals surface area contributed by atoms with Gasteiger partial charge in [0.2, 0.25) is 0 Å². The molecule has 0 amide bonds. The molecule has 0 bridgehead atoms. The highest BCUT2D eigenvalue weighted by atomic mass is 16.5. The van der Waals surface area contributed by atoms with Crippen molar-refractivity contribution in [3.05, 3.63) is 0 Å². The van der Waals surface area contributed by atoms with Gasteiger partial charge >= 0.3 is 5.97 Å². The third-order valence-electron chi connectivity index (χ3n) is 3.99. The standard InChI is InChI=1S/C15H29NO3/c1-4-6-11-16(3)12-15(18)9-7-13(8-10-15)14(17)19-5-2/h13,18H,4-12H2,1-3H3. The summed E-state index contributed by atoms with van der Waals surface area (Å²) in [5.41, 5.74) is -0.620. The van der Waals surface area contributed by atoms with Gasteiger partial charge in [-0.25, -0.2) is 0 Å². The number of esters is 1. The van der Waals surface area contributed by atoms with Gasteiger partial charge < -0.3 is 14.7 Å². The van der Waals surface area contributed by atoms with Crippen LogP contribution < -0.4 is 0 Å². The number of aliphatic hydroxyl groups is 1. The van der Waals surface area contributed by atoms with Gasteiger partial charge in [0.15, 0.2) is 0 Å². The van der Waals surface area contributed by atoms with Crippen molar-refractivity contribution in [2.24, 2.45) is 5.92 Å². The fraction of sp³-hybridized carbons (Fsp3) is 0.933. The van der Waals surface area contributed by atoms with Gasteiger partial charge in [-0.3, -0.25) is 4.79 Å². The zero-order valence-corrected chi connectivity index (χ0v) is 12.7. The van der Waals surface area contributed by atoms with E-state index in [0.29, 0.717) is 26.0 Å². The summed E-state index contributed by atoms with van der Waals surface area (Å²) >= 11 is 0. The van der Waals surface area contributed by atoms with Crippen molar-refractivity contribution in [2.45, 2.75) is 58.0 Å². The van der Waals surface area contributed by atoms with Crippen LogP contribution in [-0.2, 0) is 9.53 Å². The number of carbonyl (C=O) groups is 1. The van der Waals surface area contributed by atoms with E-state index in [-0.39, 0.29) is 11.9 Å². The van der Waals surface area contributed by atoms with E-state index < -0.39 is 5.60 Å². The maximum Gasteiger partial charge on any atom is 0.308 e.